The normalized spacial score (nSPS) is 11.1. The molecule has 0 saturated carbocycles. The summed E-state index contributed by atoms with van der Waals surface area (Å²) in [7, 11) is 0. The van der Waals surface area contributed by atoms with Gasteiger partial charge in [-0.25, -0.2) is 0 Å². The van der Waals surface area contributed by atoms with Crippen molar-refractivity contribution in [3.05, 3.63) is 40.7 Å². The minimum absolute atomic E-state index is 0.0283. The number of hydrogen-bond donors (Lipinski definition) is 2. The van der Waals surface area contributed by atoms with Crippen LogP contribution in [0.15, 0.2) is 35.1 Å². The van der Waals surface area contributed by atoms with Gasteiger partial charge in [-0.1, -0.05) is 32.0 Å². The highest BCUT2D eigenvalue weighted by molar-refractivity contribution is 5.83. The first-order chi connectivity index (χ1) is 8.66. The Morgan fingerprint density at radius 3 is 2.83 bits per heavy atom. The summed E-state index contributed by atoms with van der Waals surface area (Å²) in [5.74, 6) is 1.53. The summed E-state index contributed by atoms with van der Waals surface area (Å²) in [4.78, 5) is 14.7. The molecule has 0 aliphatic heterocycles. The average Bonchev–Trinajstić information content (AvgIpc) is 2.35. The van der Waals surface area contributed by atoms with Gasteiger partial charge >= 0.3 is 0 Å². The quantitative estimate of drug-likeness (QED) is 0.792. The molecule has 3 nitrogen and oxygen atoms in total. The van der Waals surface area contributed by atoms with Crippen LogP contribution in [-0.4, -0.2) is 11.5 Å². The first-order valence-corrected chi connectivity index (χ1v) is 6.53. The van der Waals surface area contributed by atoms with E-state index in [1.54, 1.807) is 0 Å². The molecule has 0 aliphatic rings. The van der Waals surface area contributed by atoms with Crippen molar-refractivity contribution in [1.29, 1.82) is 0 Å². The average molecular weight is 244 g/mol. The highest BCUT2D eigenvalue weighted by atomic mass is 16.1. The zero-order chi connectivity index (χ0) is 13.0. The van der Waals surface area contributed by atoms with E-state index in [-0.39, 0.29) is 5.56 Å². The van der Waals surface area contributed by atoms with E-state index in [9.17, 15) is 4.79 Å². The van der Waals surface area contributed by atoms with Crippen molar-refractivity contribution in [2.75, 3.05) is 11.9 Å². The van der Waals surface area contributed by atoms with Crippen LogP contribution in [0.3, 0.4) is 0 Å². The first kappa shape index (κ1) is 12.7. The highest BCUT2D eigenvalue weighted by Gasteiger charge is 2.00. The molecule has 0 saturated heterocycles. The third-order valence-electron chi connectivity index (χ3n) is 3.03. The number of aromatic nitrogens is 1. The summed E-state index contributed by atoms with van der Waals surface area (Å²) in [6.45, 7) is 5.34. The second-order valence-electron chi connectivity index (χ2n) is 5.06. The fourth-order valence-corrected chi connectivity index (χ4v) is 2.04. The van der Waals surface area contributed by atoms with Crippen molar-refractivity contribution in [3.8, 4) is 0 Å². The van der Waals surface area contributed by atoms with Crippen molar-refractivity contribution in [1.82, 2.24) is 4.98 Å². The molecule has 0 bridgehead atoms. The second kappa shape index (κ2) is 5.71. The summed E-state index contributed by atoms with van der Waals surface area (Å²) in [6.07, 6.45) is 2.32. The van der Waals surface area contributed by atoms with Gasteiger partial charge in [0.15, 0.2) is 0 Å². The molecule has 2 aromatic rings. The van der Waals surface area contributed by atoms with Crippen molar-refractivity contribution in [2.45, 2.75) is 26.7 Å². The third-order valence-corrected chi connectivity index (χ3v) is 3.03. The Labute approximate surface area is 107 Å². The second-order valence-corrected chi connectivity index (χ2v) is 5.06. The lowest BCUT2D eigenvalue weighted by atomic mass is 10.1. The molecule has 2 N–H and O–H groups in total. The molecule has 0 atom stereocenters. The molecule has 1 aromatic carbocycles. The van der Waals surface area contributed by atoms with Gasteiger partial charge in [-0.3, -0.25) is 4.79 Å². The molecule has 1 heterocycles. The molecule has 0 unspecified atom stereocenters. The van der Waals surface area contributed by atoms with Gasteiger partial charge in [0.1, 0.15) is 5.82 Å². The van der Waals surface area contributed by atoms with Crippen LogP contribution < -0.4 is 10.9 Å². The van der Waals surface area contributed by atoms with Crippen LogP contribution in [0.1, 0.15) is 26.7 Å². The number of rotatable bonds is 5. The number of pyridine rings is 1. The summed E-state index contributed by atoms with van der Waals surface area (Å²) in [5.41, 5.74) is -0.0283. The molecule has 0 aliphatic carbocycles. The lowest BCUT2D eigenvalue weighted by Gasteiger charge is -2.08. The monoisotopic (exact) mass is 244 g/mol. The molecule has 0 amide bonds. The molecule has 0 fully saturated rings. The van der Waals surface area contributed by atoms with Crippen molar-refractivity contribution in [2.24, 2.45) is 5.92 Å². The molecule has 0 spiro atoms. The van der Waals surface area contributed by atoms with E-state index in [2.05, 4.69) is 24.1 Å². The third kappa shape index (κ3) is 3.13. The number of fused-ring (bicyclic) bond motifs is 1. The Kier molecular flexibility index (Phi) is 4.03. The van der Waals surface area contributed by atoms with Gasteiger partial charge in [0.2, 0.25) is 0 Å². The van der Waals surface area contributed by atoms with Crippen LogP contribution >= 0.6 is 0 Å². The molecule has 3 heteroatoms. The number of H-pyrrole nitrogens is 1. The summed E-state index contributed by atoms with van der Waals surface area (Å²) in [5, 5.41) is 5.00. The topological polar surface area (TPSA) is 44.9 Å². The van der Waals surface area contributed by atoms with Crippen LogP contribution in [-0.2, 0) is 0 Å². The van der Waals surface area contributed by atoms with Crippen LogP contribution in [0, 0.1) is 5.92 Å². The maximum atomic E-state index is 11.8. The van der Waals surface area contributed by atoms with E-state index >= 15 is 0 Å². The first-order valence-electron chi connectivity index (χ1n) is 6.53. The SMILES string of the molecule is CC(C)CCCNc1cc2ccccc2c(=O)[nH]1. The minimum Gasteiger partial charge on any atom is -0.372 e. The molecule has 2 rings (SSSR count). The predicted octanol–water partition coefficient (Wildman–Crippen LogP) is 3.38. The van der Waals surface area contributed by atoms with Crippen molar-refractivity contribution < 1.29 is 0 Å². The van der Waals surface area contributed by atoms with E-state index in [0.717, 1.165) is 35.5 Å². The van der Waals surface area contributed by atoms with Gasteiger partial charge in [0, 0.05) is 11.9 Å². The van der Waals surface area contributed by atoms with E-state index in [1.807, 2.05) is 30.3 Å². The lowest BCUT2D eigenvalue weighted by Crippen LogP contribution is -2.12. The molecule has 0 radical (unpaired) electrons. The summed E-state index contributed by atoms with van der Waals surface area (Å²) < 4.78 is 0. The van der Waals surface area contributed by atoms with Crippen LogP contribution in [0.25, 0.3) is 10.8 Å². The smallest absolute Gasteiger partial charge is 0.257 e. The molecule has 18 heavy (non-hydrogen) atoms. The van der Waals surface area contributed by atoms with Gasteiger partial charge in [-0.2, -0.15) is 0 Å². The van der Waals surface area contributed by atoms with E-state index in [4.69, 9.17) is 0 Å². The van der Waals surface area contributed by atoms with E-state index < -0.39 is 0 Å². The van der Waals surface area contributed by atoms with Crippen molar-refractivity contribution in [3.63, 3.8) is 0 Å². The fourth-order valence-electron chi connectivity index (χ4n) is 2.04. The number of hydrogen-bond acceptors (Lipinski definition) is 2. The molecule has 1 aromatic heterocycles. The fraction of sp³-hybridized carbons (Fsp3) is 0.400. The van der Waals surface area contributed by atoms with E-state index in [0.29, 0.717) is 0 Å². The van der Waals surface area contributed by atoms with Gasteiger partial charge in [-0.05, 0) is 36.3 Å². The predicted molar refractivity (Wildman–Crippen MR) is 77.1 cm³/mol. The zero-order valence-corrected chi connectivity index (χ0v) is 11.0. The number of anilines is 1. The Morgan fingerprint density at radius 1 is 1.28 bits per heavy atom. The molecular weight excluding hydrogens is 224 g/mol. The van der Waals surface area contributed by atoms with Gasteiger partial charge in [-0.15, -0.1) is 0 Å². The van der Waals surface area contributed by atoms with Gasteiger partial charge in [0.05, 0.1) is 0 Å². The summed E-state index contributed by atoms with van der Waals surface area (Å²) >= 11 is 0. The van der Waals surface area contributed by atoms with Crippen LogP contribution in [0.5, 0.6) is 0 Å². The zero-order valence-electron chi connectivity index (χ0n) is 11.0. The van der Waals surface area contributed by atoms with Gasteiger partial charge in [0.25, 0.3) is 5.56 Å². The minimum atomic E-state index is -0.0283. The number of aromatic amines is 1. The maximum absolute atomic E-state index is 11.8. The van der Waals surface area contributed by atoms with Crippen LogP contribution in [0.2, 0.25) is 0 Å². The molecular formula is C15H20N2O. The lowest BCUT2D eigenvalue weighted by molar-refractivity contribution is 0.566. The van der Waals surface area contributed by atoms with E-state index in [1.165, 1.54) is 6.42 Å². The van der Waals surface area contributed by atoms with Gasteiger partial charge < -0.3 is 10.3 Å². The number of nitrogens with one attached hydrogen (secondary N) is 2. The highest BCUT2D eigenvalue weighted by Crippen LogP contribution is 2.13. The Morgan fingerprint density at radius 2 is 2.06 bits per heavy atom. The standard InChI is InChI=1S/C15H20N2O/c1-11(2)6-5-9-16-14-10-12-7-3-4-8-13(12)15(18)17-14/h3-4,7-8,10-11H,5-6,9H2,1-2H3,(H2,16,17,18). The Balaban J connectivity index is 2.08. The van der Waals surface area contributed by atoms with Crippen molar-refractivity contribution >= 4 is 16.6 Å². The van der Waals surface area contributed by atoms with Crippen LogP contribution in [0.4, 0.5) is 5.82 Å². The Hall–Kier alpha value is -1.77. The molecule has 96 valence electrons. The largest absolute Gasteiger partial charge is 0.372 e. The summed E-state index contributed by atoms with van der Waals surface area (Å²) in [6, 6.07) is 9.63. The Bertz CT molecular complexity index is 572. The number of benzene rings is 1. The maximum Gasteiger partial charge on any atom is 0.257 e.